The summed E-state index contributed by atoms with van der Waals surface area (Å²) in [6.07, 6.45) is 0. The van der Waals surface area contributed by atoms with E-state index in [4.69, 9.17) is 0 Å². The van der Waals surface area contributed by atoms with E-state index in [1.165, 1.54) is 12.1 Å². The van der Waals surface area contributed by atoms with E-state index in [-0.39, 0.29) is 10.8 Å². The highest BCUT2D eigenvalue weighted by Gasteiger charge is 2.18. The molecule has 6 heteroatoms. The number of rotatable bonds is 5. The molecule has 0 spiro atoms. The first kappa shape index (κ1) is 18.0. The van der Waals surface area contributed by atoms with Gasteiger partial charge in [-0.3, -0.25) is 9.52 Å². The fraction of sp³-hybridized carbons (Fsp3) is 0.278. The van der Waals surface area contributed by atoms with E-state index < -0.39 is 10.0 Å². The van der Waals surface area contributed by atoms with Gasteiger partial charge in [0, 0.05) is 12.1 Å². The van der Waals surface area contributed by atoms with E-state index in [1.54, 1.807) is 19.1 Å². The van der Waals surface area contributed by atoms with E-state index in [2.05, 4.69) is 10.0 Å². The second-order valence-corrected chi connectivity index (χ2v) is 7.44. The molecule has 0 aliphatic rings. The fourth-order valence-electron chi connectivity index (χ4n) is 2.32. The first-order chi connectivity index (χ1) is 11.2. The summed E-state index contributed by atoms with van der Waals surface area (Å²) in [5.41, 5.74) is 3.42. The SMILES string of the molecule is CCNC(=O)c1cc(S(=O)(=O)Nc2cc(C)ccc2C)ccc1C. The molecule has 128 valence electrons. The van der Waals surface area contributed by atoms with Crippen molar-refractivity contribution in [3.63, 3.8) is 0 Å². The van der Waals surface area contributed by atoms with Crippen molar-refractivity contribution >= 4 is 21.6 Å². The lowest BCUT2D eigenvalue weighted by Crippen LogP contribution is -2.24. The summed E-state index contributed by atoms with van der Waals surface area (Å²) in [6, 6.07) is 10.1. The van der Waals surface area contributed by atoms with Gasteiger partial charge in [-0.1, -0.05) is 18.2 Å². The normalized spacial score (nSPS) is 11.2. The summed E-state index contributed by atoms with van der Waals surface area (Å²) >= 11 is 0. The van der Waals surface area contributed by atoms with Gasteiger partial charge in [-0.25, -0.2) is 8.42 Å². The highest BCUT2D eigenvalue weighted by atomic mass is 32.2. The van der Waals surface area contributed by atoms with E-state index in [1.807, 2.05) is 32.9 Å². The summed E-state index contributed by atoms with van der Waals surface area (Å²) < 4.78 is 27.9. The molecule has 0 atom stereocenters. The molecule has 5 nitrogen and oxygen atoms in total. The number of carbonyl (C=O) groups is 1. The third-order valence-electron chi connectivity index (χ3n) is 3.74. The lowest BCUT2D eigenvalue weighted by molar-refractivity contribution is 0.0955. The summed E-state index contributed by atoms with van der Waals surface area (Å²) in [5, 5.41) is 2.69. The molecule has 24 heavy (non-hydrogen) atoms. The maximum absolute atomic E-state index is 12.7. The summed E-state index contributed by atoms with van der Waals surface area (Å²) in [7, 11) is -3.77. The molecule has 0 bridgehead atoms. The predicted molar refractivity (Wildman–Crippen MR) is 95.9 cm³/mol. The lowest BCUT2D eigenvalue weighted by Gasteiger charge is -2.13. The lowest BCUT2D eigenvalue weighted by atomic mass is 10.1. The molecule has 1 amide bonds. The van der Waals surface area contributed by atoms with Crippen LogP contribution >= 0.6 is 0 Å². The minimum Gasteiger partial charge on any atom is -0.352 e. The van der Waals surface area contributed by atoms with E-state index >= 15 is 0 Å². The van der Waals surface area contributed by atoms with Crippen LogP contribution in [0.3, 0.4) is 0 Å². The topological polar surface area (TPSA) is 75.3 Å². The third kappa shape index (κ3) is 3.94. The molecule has 0 heterocycles. The Bertz CT molecular complexity index is 874. The number of sulfonamides is 1. The number of amides is 1. The van der Waals surface area contributed by atoms with Gasteiger partial charge in [-0.05, 0) is 62.6 Å². The van der Waals surface area contributed by atoms with Gasteiger partial charge in [0.15, 0.2) is 0 Å². The van der Waals surface area contributed by atoms with Crippen LogP contribution in [-0.4, -0.2) is 20.9 Å². The van der Waals surface area contributed by atoms with Crippen molar-refractivity contribution in [3.05, 3.63) is 58.7 Å². The Labute approximate surface area is 143 Å². The first-order valence-electron chi connectivity index (χ1n) is 7.73. The second kappa shape index (κ2) is 7.05. The Morgan fingerprint density at radius 1 is 1.00 bits per heavy atom. The van der Waals surface area contributed by atoms with Gasteiger partial charge in [0.25, 0.3) is 15.9 Å². The molecule has 0 aliphatic carbocycles. The molecule has 0 saturated heterocycles. The molecule has 0 radical (unpaired) electrons. The van der Waals surface area contributed by atoms with Gasteiger partial charge in [0.05, 0.1) is 10.6 Å². The Kier molecular flexibility index (Phi) is 5.29. The van der Waals surface area contributed by atoms with Crippen LogP contribution in [0.4, 0.5) is 5.69 Å². The number of nitrogens with one attached hydrogen (secondary N) is 2. The van der Waals surface area contributed by atoms with Gasteiger partial charge in [-0.15, -0.1) is 0 Å². The first-order valence-corrected chi connectivity index (χ1v) is 9.22. The van der Waals surface area contributed by atoms with Gasteiger partial charge < -0.3 is 5.32 Å². The molecule has 2 aromatic rings. The van der Waals surface area contributed by atoms with Crippen LogP contribution in [0.25, 0.3) is 0 Å². The minimum atomic E-state index is -3.77. The van der Waals surface area contributed by atoms with Crippen LogP contribution in [0.1, 0.15) is 34.0 Å². The highest BCUT2D eigenvalue weighted by Crippen LogP contribution is 2.22. The zero-order valence-corrected chi connectivity index (χ0v) is 15.1. The second-order valence-electron chi connectivity index (χ2n) is 5.76. The zero-order chi connectivity index (χ0) is 17.9. The molecule has 0 fully saturated rings. The Hall–Kier alpha value is -2.34. The van der Waals surface area contributed by atoms with Crippen molar-refractivity contribution in [1.82, 2.24) is 5.32 Å². The fourth-order valence-corrected chi connectivity index (χ4v) is 3.47. The van der Waals surface area contributed by atoms with Crippen molar-refractivity contribution < 1.29 is 13.2 Å². The summed E-state index contributed by atoms with van der Waals surface area (Å²) in [6.45, 7) is 7.81. The molecule has 2 rings (SSSR count). The maximum atomic E-state index is 12.7. The number of hydrogen-bond acceptors (Lipinski definition) is 3. The minimum absolute atomic E-state index is 0.0651. The van der Waals surface area contributed by atoms with Crippen molar-refractivity contribution in [2.24, 2.45) is 0 Å². The van der Waals surface area contributed by atoms with Crippen LogP contribution in [0, 0.1) is 20.8 Å². The smallest absolute Gasteiger partial charge is 0.261 e. The summed E-state index contributed by atoms with van der Waals surface area (Å²) in [4.78, 5) is 12.1. The van der Waals surface area contributed by atoms with E-state index in [0.717, 1.165) is 16.7 Å². The molecule has 0 aliphatic heterocycles. The van der Waals surface area contributed by atoms with Crippen LogP contribution in [0.2, 0.25) is 0 Å². The van der Waals surface area contributed by atoms with Gasteiger partial charge in [-0.2, -0.15) is 0 Å². The van der Waals surface area contributed by atoms with Crippen molar-refractivity contribution in [3.8, 4) is 0 Å². The predicted octanol–water partition coefficient (Wildman–Crippen LogP) is 3.16. The van der Waals surface area contributed by atoms with Crippen molar-refractivity contribution in [1.29, 1.82) is 0 Å². The van der Waals surface area contributed by atoms with Crippen LogP contribution in [0.15, 0.2) is 41.3 Å². The van der Waals surface area contributed by atoms with Gasteiger partial charge in [0.1, 0.15) is 0 Å². The van der Waals surface area contributed by atoms with Gasteiger partial charge >= 0.3 is 0 Å². The molecule has 2 aromatic carbocycles. The molecule has 0 saturated carbocycles. The highest BCUT2D eigenvalue weighted by molar-refractivity contribution is 7.92. The average Bonchev–Trinajstić information content (AvgIpc) is 2.51. The quantitative estimate of drug-likeness (QED) is 0.873. The zero-order valence-electron chi connectivity index (χ0n) is 14.3. The number of anilines is 1. The van der Waals surface area contributed by atoms with Crippen molar-refractivity contribution in [2.45, 2.75) is 32.6 Å². The average molecular weight is 346 g/mol. The number of hydrogen-bond donors (Lipinski definition) is 2. The molecule has 0 unspecified atom stereocenters. The van der Waals surface area contributed by atoms with Crippen LogP contribution < -0.4 is 10.0 Å². The molecular formula is C18H22N2O3S. The molecule has 2 N–H and O–H groups in total. The Balaban J connectivity index is 2.41. The molecular weight excluding hydrogens is 324 g/mol. The third-order valence-corrected chi connectivity index (χ3v) is 5.10. The van der Waals surface area contributed by atoms with Crippen LogP contribution in [0.5, 0.6) is 0 Å². The van der Waals surface area contributed by atoms with Crippen LogP contribution in [-0.2, 0) is 10.0 Å². The van der Waals surface area contributed by atoms with E-state index in [0.29, 0.717) is 17.8 Å². The Morgan fingerprint density at radius 3 is 2.33 bits per heavy atom. The number of carbonyl (C=O) groups excluding carboxylic acids is 1. The van der Waals surface area contributed by atoms with Gasteiger partial charge in [0.2, 0.25) is 0 Å². The summed E-state index contributed by atoms with van der Waals surface area (Å²) in [5.74, 6) is -0.279. The molecule has 0 aromatic heterocycles. The largest absolute Gasteiger partial charge is 0.352 e. The van der Waals surface area contributed by atoms with Crippen molar-refractivity contribution in [2.75, 3.05) is 11.3 Å². The number of benzene rings is 2. The monoisotopic (exact) mass is 346 g/mol. The Morgan fingerprint density at radius 2 is 1.67 bits per heavy atom. The number of aryl methyl sites for hydroxylation is 3. The van der Waals surface area contributed by atoms with E-state index in [9.17, 15) is 13.2 Å². The maximum Gasteiger partial charge on any atom is 0.261 e. The standard InChI is InChI=1S/C18H22N2O3S/c1-5-19-18(21)16-11-15(9-8-13(16)3)24(22,23)20-17-10-12(2)6-7-14(17)4/h6-11,20H,5H2,1-4H3,(H,19,21).